The van der Waals surface area contributed by atoms with Gasteiger partial charge in [-0.2, -0.15) is 0 Å². The molecule has 0 saturated carbocycles. The molecule has 2 aliphatic carbocycles. The number of para-hydroxylation sites is 1. The van der Waals surface area contributed by atoms with Crippen LogP contribution in [0.15, 0.2) is 59.6 Å². The van der Waals surface area contributed by atoms with E-state index in [4.69, 9.17) is 4.74 Å². The third kappa shape index (κ3) is 3.79. The summed E-state index contributed by atoms with van der Waals surface area (Å²) in [5.74, 6) is -0.848. The number of hydrogen-bond donors (Lipinski definition) is 1. The lowest BCUT2D eigenvalue weighted by Crippen LogP contribution is -2.49. The normalized spacial score (nSPS) is 19.1. The van der Waals surface area contributed by atoms with E-state index in [0.29, 0.717) is 0 Å². The number of nitrogens with zero attached hydrogens (tertiary/aromatic N) is 1. The molecule has 0 fully saturated rings. The van der Waals surface area contributed by atoms with Gasteiger partial charge >= 0.3 is 5.97 Å². The molecule has 0 aromatic heterocycles. The molecule has 5 nitrogen and oxygen atoms in total. The van der Waals surface area contributed by atoms with E-state index in [9.17, 15) is 9.59 Å². The molecule has 0 bridgehead atoms. The number of esters is 1. The van der Waals surface area contributed by atoms with Crippen LogP contribution in [0.1, 0.15) is 42.0 Å². The van der Waals surface area contributed by atoms with E-state index < -0.39 is 15.6 Å². The van der Waals surface area contributed by atoms with Gasteiger partial charge in [0, 0.05) is 30.0 Å². The number of alkyl halides is 1. The van der Waals surface area contributed by atoms with Crippen molar-refractivity contribution in [3.63, 3.8) is 0 Å². The number of benzodiazepines with no additional fused rings is 1. The fraction of sp³-hybridized carbons (Fsp3) is 0.233. The van der Waals surface area contributed by atoms with E-state index in [-0.39, 0.29) is 5.91 Å². The minimum atomic E-state index is -1.31. The van der Waals surface area contributed by atoms with Gasteiger partial charge in [0.2, 0.25) is 3.61 Å². The van der Waals surface area contributed by atoms with Crippen LogP contribution in [-0.2, 0) is 30.8 Å². The smallest absolute Gasteiger partial charge is 0.304 e. The third-order valence-corrected chi connectivity index (χ3v) is 8.66. The Morgan fingerprint density at radius 2 is 1.92 bits per heavy atom. The van der Waals surface area contributed by atoms with Crippen molar-refractivity contribution in [1.29, 1.82) is 0 Å². The van der Waals surface area contributed by atoms with E-state index in [2.05, 4.69) is 63.3 Å². The summed E-state index contributed by atoms with van der Waals surface area (Å²) in [6, 6.07) is 17.2. The van der Waals surface area contributed by atoms with Gasteiger partial charge in [-0.1, -0.05) is 60.7 Å². The summed E-state index contributed by atoms with van der Waals surface area (Å²) < 4.78 is 4.71. The lowest BCUT2D eigenvalue weighted by atomic mass is 9.87. The monoisotopic (exact) mass is 588 g/mol. The number of nitrogens with one attached hydrogen (secondary N) is 1. The number of rotatable bonds is 3. The number of benzene rings is 3. The van der Waals surface area contributed by atoms with Crippen LogP contribution in [0.3, 0.4) is 0 Å². The van der Waals surface area contributed by atoms with Crippen LogP contribution in [0.5, 0.6) is 0 Å². The lowest BCUT2D eigenvalue weighted by Gasteiger charge is -2.35. The standard InChI is InChI=1S/C30H25IN2O3/c1-18(34)36-30(31,28-29(35)32-17-20-8-3-5-12-27(20)33-28)26-11-6-10-22-24-14-13-19-7-2-4-9-21(19)23(24)15-16-25(22)26/h3,5-8,10-14,16-17,28,33H,2,4,9,15H2,1H3. The molecule has 0 saturated heterocycles. The molecule has 3 aliphatic rings. The first-order valence-corrected chi connectivity index (χ1v) is 13.3. The predicted molar refractivity (Wildman–Crippen MR) is 149 cm³/mol. The van der Waals surface area contributed by atoms with Crippen LogP contribution in [-0.4, -0.2) is 24.1 Å². The van der Waals surface area contributed by atoms with Gasteiger partial charge in [-0.25, -0.2) is 4.99 Å². The topological polar surface area (TPSA) is 67.8 Å². The lowest BCUT2D eigenvalue weighted by molar-refractivity contribution is -0.150. The van der Waals surface area contributed by atoms with Gasteiger partial charge in [0.15, 0.2) is 6.04 Å². The number of halogens is 1. The average molecular weight is 588 g/mol. The van der Waals surface area contributed by atoms with Gasteiger partial charge < -0.3 is 10.1 Å². The van der Waals surface area contributed by atoms with Crippen molar-refractivity contribution in [1.82, 2.24) is 0 Å². The fourth-order valence-electron chi connectivity index (χ4n) is 5.64. The maximum absolute atomic E-state index is 13.3. The van der Waals surface area contributed by atoms with Crippen LogP contribution in [0.4, 0.5) is 5.69 Å². The molecule has 3 aromatic rings. The molecule has 1 aliphatic heterocycles. The molecule has 6 heteroatoms. The summed E-state index contributed by atoms with van der Waals surface area (Å²) in [5.41, 5.74) is 5.19. The summed E-state index contributed by atoms with van der Waals surface area (Å²) in [5, 5.41) is 8.00. The van der Waals surface area contributed by atoms with E-state index >= 15 is 0 Å². The highest BCUT2D eigenvalue weighted by molar-refractivity contribution is 14.1. The Bertz CT molecular complexity index is 1680. The molecule has 180 valence electrons. The predicted octanol–water partition coefficient (Wildman–Crippen LogP) is 4.02. The number of carbonyl (C=O) groups excluding carboxylic acids is 2. The molecule has 2 unspecified atom stereocenters. The number of ether oxygens (including phenoxy) is 1. The summed E-state index contributed by atoms with van der Waals surface area (Å²) in [4.78, 5) is 30.0. The number of carbonyl (C=O) groups is 2. The molecule has 3 aromatic carbocycles. The highest BCUT2D eigenvalue weighted by atomic mass is 127. The zero-order valence-electron chi connectivity index (χ0n) is 19.9. The van der Waals surface area contributed by atoms with Crippen molar-refractivity contribution < 1.29 is 14.3 Å². The molecule has 1 amide bonds. The van der Waals surface area contributed by atoms with Crippen molar-refractivity contribution in [2.75, 3.05) is 5.32 Å². The number of aliphatic imine (C=N–C) groups is 1. The van der Waals surface area contributed by atoms with E-state index in [1.807, 2.05) is 36.4 Å². The highest BCUT2D eigenvalue weighted by Crippen LogP contribution is 2.39. The molecule has 0 radical (unpaired) electrons. The zero-order valence-corrected chi connectivity index (χ0v) is 22.0. The largest absolute Gasteiger partial charge is 0.441 e. The molecule has 0 spiro atoms. The third-order valence-electron chi connectivity index (χ3n) is 7.24. The molecular formula is C30H25IN2O3. The van der Waals surface area contributed by atoms with Crippen LogP contribution in [0.2, 0.25) is 0 Å². The summed E-state index contributed by atoms with van der Waals surface area (Å²) >= 11 is 2.12. The average Bonchev–Trinajstić information content (AvgIpc) is 3.06. The SMILES string of the molecule is CC(=O)OC(I)(c1cccc2c1=CCc1c3c(ccc1=2)=CCCC3)C1Nc2ccccc2C=NC1=O. The molecule has 36 heavy (non-hydrogen) atoms. The van der Waals surface area contributed by atoms with Gasteiger partial charge in [-0.3, -0.25) is 9.59 Å². The van der Waals surface area contributed by atoms with Crippen LogP contribution in [0, 0.1) is 10.4 Å². The van der Waals surface area contributed by atoms with Crippen molar-refractivity contribution in [3.05, 3.63) is 97.7 Å². The Morgan fingerprint density at radius 3 is 2.78 bits per heavy atom. The number of hydrogen-bond acceptors (Lipinski definition) is 4. The molecule has 1 N–H and O–H groups in total. The van der Waals surface area contributed by atoms with Crippen molar-refractivity contribution in [2.45, 2.75) is 42.3 Å². The first-order valence-electron chi connectivity index (χ1n) is 12.2. The van der Waals surface area contributed by atoms with Gasteiger partial charge in [0.1, 0.15) is 0 Å². The van der Waals surface area contributed by atoms with Crippen molar-refractivity contribution in [2.24, 2.45) is 4.99 Å². The Labute approximate surface area is 222 Å². The summed E-state index contributed by atoms with van der Waals surface area (Å²) in [6.07, 6.45) is 10.3. The minimum Gasteiger partial charge on any atom is -0.441 e. The highest BCUT2D eigenvalue weighted by Gasteiger charge is 2.47. The Balaban J connectivity index is 1.60. The van der Waals surface area contributed by atoms with Gasteiger partial charge in [0.05, 0.1) is 0 Å². The Hall–Kier alpha value is -3.26. The number of amides is 1. The van der Waals surface area contributed by atoms with Gasteiger partial charge in [-0.05, 0) is 86.3 Å². The molecular weight excluding hydrogens is 563 g/mol. The minimum absolute atomic E-state index is 0.389. The summed E-state index contributed by atoms with van der Waals surface area (Å²) in [6.45, 7) is 1.38. The summed E-state index contributed by atoms with van der Waals surface area (Å²) in [7, 11) is 0. The fourth-order valence-corrected chi connectivity index (χ4v) is 6.84. The van der Waals surface area contributed by atoms with Crippen molar-refractivity contribution in [3.8, 4) is 0 Å². The quantitative estimate of drug-likeness (QED) is 0.285. The second-order valence-electron chi connectivity index (χ2n) is 9.43. The van der Waals surface area contributed by atoms with E-state index in [1.165, 1.54) is 34.9 Å². The van der Waals surface area contributed by atoms with Crippen molar-refractivity contribution >= 4 is 58.5 Å². The first-order chi connectivity index (χ1) is 17.5. The van der Waals surface area contributed by atoms with Crippen LogP contribution in [0.25, 0.3) is 12.2 Å². The van der Waals surface area contributed by atoms with Gasteiger partial charge in [0.25, 0.3) is 5.91 Å². The van der Waals surface area contributed by atoms with E-state index in [1.54, 1.807) is 6.21 Å². The zero-order chi connectivity index (χ0) is 24.9. The molecule has 2 atom stereocenters. The van der Waals surface area contributed by atoms with Crippen LogP contribution < -0.4 is 15.8 Å². The Kier molecular flexibility index (Phi) is 5.79. The van der Waals surface area contributed by atoms with E-state index in [0.717, 1.165) is 46.5 Å². The Morgan fingerprint density at radius 1 is 1.06 bits per heavy atom. The second kappa shape index (κ2) is 9.00. The van der Waals surface area contributed by atoms with Crippen LogP contribution >= 0.6 is 22.6 Å². The molecule has 6 rings (SSSR count). The number of fused-ring (bicyclic) bond motifs is 5. The van der Waals surface area contributed by atoms with Gasteiger partial charge in [-0.15, -0.1) is 0 Å². The maximum Gasteiger partial charge on any atom is 0.304 e. The molecule has 1 heterocycles. The maximum atomic E-state index is 13.3. The number of anilines is 1. The second-order valence-corrected chi connectivity index (χ2v) is 11.0. The first kappa shape index (κ1) is 23.2.